The monoisotopic (exact) mass is 426 g/mol. The van der Waals surface area contributed by atoms with Crippen LogP contribution in [0.2, 0.25) is 0 Å². The summed E-state index contributed by atoms with van der Waals surface area (Å²) in [5.74, 6) is -0.581. The molecule has 0 saturated carbocycles. The maximum Gasteiger partial charge on any atom is 0.346 e. The fraction of sp³-hybridized carbons (Fsp3) is 0.261. The second kappa shape index (κ2) is 9.34. The molecular weight excluding hydrogens is 404 g/mol. The summed E-state index contributed by atoms with van der Waals surface area (Å²) in [7, 11) is 2.48. The standard InChI is InChI=1S/C23H22O8/c1-13(22(25)27-3)29-16-10-19(30-14(2)23(26)28-4)21-17(24)12-18(31-20(21)11-16)15-8-6-5-7-9-15/h5-14H,1-4H3/t13-,14-/m1/s1. The van der Waals surface area contributed by atoms with Gasteiger partial charge in [0.1, 0.15) is 28.2 Å². The molecule has 8 nitrogen and oxygen atoms in total. The molecule has 0 spiro atoms. The van der Waals surface area contributed by atoms with Gasteiger partial charge >= 0.3 is 11.9 Å². The Bertz CT molecular complexity index is 1150. The number of benzene rings is 2. The van der Waals surface area contributed by atoms with Gasteiger partial charge in [-0.1, -0.05) is 30.3 Å². The first-order chi connectivity index (χ1) is 14.8. The SMILES string of the molecule is COC(=O)[C@@H](C)Oc1cc(O[C@H](C)C(=O)OC)c2c(=O)cc(-c3ccccc3)oc2c1. The lowest BCUT2D eigenvalue weighted by Gasteiger charge is -2.17. The Kier molecular flexibility index (Phi) is 6.59. The topological polar surface area (TPSA) is 101 Å². The van der Waals surface area contributed by atoms with Crippen LogP contribution in [0.3, 0.4) is 0 Å². The molecule has 0 fully saturated rings. The minimum Gasteiger partial charge on any atom is -0.479 e. The fourth-order valence-electron chi connectivity index (χ4n) is 2.96. The zero-order valence-electron chi connectivity index (χ0n) is 17.5. The normalized spacial score (nSPS) is 12.6. The van der Waals surface area contributed by atoms with Crippen molar-refractivity contribution in [1.29, 1.82) is 0 Å². The molecule has 31 heavy (non-hydrogen) atoms. The van der Waals surface area contributed by atoms with Gasteiger partial charge in [0.2, 0.25) is 0 Å². The summed E-state index contributed by atoms with van der Waals surface area (Å²) in [5.41, 5.74) is 0.522. The van der Waals surface area contributed by atoms with Crippen LogP contribution < -0.4 is 14.9 Å². The van der Waals surface area contributed by atoms with E-state index >= 15 is 0 Å². The Labute approximate surface area is 178 Å². The number of carbonyl (C=O) groups is 2. The molecule has 1 heterocycles. The Hall–Kier alpha value is -3.81. The molecule has 0 saturated heterocycles. The number of hydrogen-bond acceptors (Lipinski definition) is 8. The molecule has 0 amide bonds. The van der Waals surface area contributed by atoms with E-state index in [2.05, 4.69) is 9.47 Å². The molecule has 2 atom stereocenters. The molecule has 0 aliphatic rings. The van der Waals surface area contributed by atoms with Crippen LogP contribution in [-0.4, -0.2) is 38.4 Å². The van der Waals surface area contributed by atoms with Gasteiger partial charge in [0.15, 0.2) is 17.6 Å². The minimum absolute atomic E-state index is 0.0656. The van der Waals surface area contributed by atoms with Crippen molar-refractivity contribution in [3.8, 4) is 22.8 Å². The van der Waals surface area contributed by atoms with Crippen molar-refractivity contribution in [2.45, 2.75) is 26.1 Å². The molecule has 3 rings (SSSR count). The summed E-state index contributed by atoms with van der Waals surface area (Å²) in [6.07, 6.45) is -1.91. The van der Waals surface area contributed by atoms with Crippen LogP contribution in [-0.2, 0) is 19.1 Å². The molecule has 162 valence electrons. The highest BCUT2D eigenvalue weighted by atomic mass is 16.6. The lowest BCUT2D eigenvalue weighted by Crippen LogP contribution is -2.26. The first-order valence-corrected chi connectivity index (χ1v) is 9.50. The second-order valence-electron chi connectivity index (χ2n) is 6.70. The zero-order chi connectivity index (χ0) is 22.5. The van der Waals surface area contributed by atoms with Gasteiger partial charge in [0.25, 0.3) is 0 Å². The van der Waals surface area contributed by atoms with Crippen LogP contribution in [0.25, 0.3) is 22.3 Å². The third-order valence-electron chi connectivity index (χ3n) is 4.51. The molecule has 3 aromatic rings. The van der Waals surface area contributed by atoms with Crippen molar-refractivity contribution >= 4 is 22.9 Å². The summed E-state index contributed by atoms with van der Waals surface area (Å²) in [4.78, 5) is 36.5. The Balaban J connectivity index is 2.15. The predicted octanol–water partition coefficient (Wildman–Crippen LogP) is 3.34. The highest BCUT2D eigenvalue weighted by Crippen LogP contribution is 2.33. The van der Waals surface area contributed by atoms with Crippen LogP contribution in [0.1, 0.15) is 13.8 Å². The van der Waals surface area contributed by atoms with Gasteiger partial charge in [0.05, 0.1) is 14.2 Å². The van der Waals surface area contributed by atoms with Crippen LogP contribution in [0.4, 0.5) is 0 Å². The van der Waals surface area contributed by atoms with E-state index in [4.69, 9.17) is 13.9 Å². The second-order valence-corrected chi connectivity index (χ2v) is 6.70. The molecule has 0 N–H and O–H groups in total. The summed E-state index contributed by atoms with van der Waals surface area (Å²) in [5, 5.41) is 0.133. The van der Waals surface area contributed by atoms with Crippen molar-refractivity contribution in [2.24, 2.45) is 0 Å². The van der Waals surface area contributed by atoms with E-state index in [0.717, 1.165) is 0 Å². The van der Waals surface area contributed by atoms with Crippen molar-refractivity contribution in [3.63, 3.8) is 0 Å². The third-order valence-corrected chi connectivity index (χ3v) is 4.51. The van der Waals surface area contributed by atoms with Crippen molar-refractivity contribution in [1.82, 2.24) is 0 Å². The number of rotatable bonds is 7. The molecule has 1 aromatic heterocycles. The van der Waals surface area contributed by atoms with Gasteiger partial charge in [-0.2, -0.15) is 0 Å². The Morgan fingerprint density at radius 2 is 1.48 bits per heavy atom. The molecular formula is C23H22O8. The number of hydrogen-bond donors (Lipinski definition) is 0. The summed E-state index contributed by atoms with van der Waals surface area (Å²) >= 11 is 0. The Morgan fingerprint density at radius 3 is 2.10 bits per heavy atom. The van der Waals surface area contributed by atoms with Gasteiger partial charge in [0, 0.05) is 23.8 Å². The summed E-state index contributed by atoms with van der Waals surface area (Å²) in [6, 6.07) is 13.4. The van der Waals surface area contributed by atoms with E-state index in [0.29, 0.717) is 11.3 Å². The summed E-state index contributed by atoms with van der Waals surface area (Å²) < 4.78 is 26.6. The first kappa shape index (κ1) is 21.9. The molecule has 0 aliphatic heterocycles. The van der Waals surface area contributed by atoms with Crippen molar-refractivity contribution < 1.29 is 33.0 Å². The molecule has 8 heteroatoms. The highest BCUT2D eigenvalue weighted by Gasteiger charge is 2.22. The van der Waals surface area contributed by atoms with E-state index in [1.165, 1.54) is 46.3 Å². The third kappa shape index (κ3) is 4.85. The van der Waals surface area contributed by atoms with E-state index < -0.39 is 24.1 Å². The molecule has 2 aromatic carbocycles. The Morgan fingerprint density at radius 1 is 0.871 bits per heavy atom. The lowest BCUT2D eigenvalue weighted by molar-refractivity contribution is -0.148. The molecule has 0 unspecified atom stereocenters. The van der Waals surface area contributed by atoms with Gasteiger partial charge < -0.3 is 23.4 Å². The molecule has 0 bridgehead atoms. The average Bonchev–Trinajstić information content (AvgIpc) is 2.77. The van der Waals surface area contributed by atoms with Gasteiger partial charge in [-0.25, -0.2) is 9.59 Å². The number of methoxy groups -OCH3 is 2. The van der Waals surface area contributed by atoms with E-state index in [-0.39, 0.29) is 27.9 Å². The maximum atomic E-state index is 12.9. The number of esters is 2. The van der Waals surface area contributed by atoms with Crippen molar-refractivity contribution in [2.75, 3.05) is 14.2 Å². The largest absolute Gasteiger partial charge is 0.479 e. The molecule has 0 radical (unpaired) electrons. The first-order valence-electron chi connectivity index (χ1n) is 9.50. The van der Waals surface area contributed by atoms with Crippen LogP contribution >= 0.6 is 0 Å². The van der Waals surface area contributed by atoms with Crippen molar-refractivity contribution in [3.05, 3.63) is 58.8 Å². The van der Waals surface area contributed by atoms with Crippen LogP contribution in [0.15, 0.2) is 57.7 Å². The number of carbonyl (C=O) groups excluding carboxylic acids is 2. The minimum atomic E-state index is -0.991. The van der Waals surface area contributed by atoms with Gasteiger partial charge in [-0.3, -0.25) is 4.79 Å². The van der Waals surface area contributed by atoms with E-state index in [9.17, 15) is 14.4 Å². The van der Waals surface area contributed by atoms with Crippen LogP contribution in [0.5, 0.6) is 11.5 Å². The lowest BCUT2D eigenvalue weighted by atomic mass is 10.1. The predicted molar refractivity (Wildman–Crippen MR) is 112 cm³/mol. The maximum absolute atomic E-state index is 12.9. The summed E-state index contributed by atoms with van der Waals surface area (Å²) in [6.45, 7) is 3.01. The van der Waals surface area contributed by atoms with E-state index in [1.54, 1.807) is 12.1 Å². The quantitative estimate of drug-likeness (QED) is 0.530. The van der Waals surface area contributed by atoms with Gasteiger partial charge in [-0.15, -0.1) is 0 Å². The smallest absolute Gasteiger partial charge is 0.346 e. The van der Waals surface area contributed by atoms with Crippen LogP contribution in [0, 0.1) is 0 Å². The number of fused-ring (bicyclic) bond motifs is 1. The number of ether oxygens (including phenoxy) is 4. The highest BCUT2D eigenvalue weighted by molar-refractivity contribution is 5.87. The van der Waals surface area contributed by atoms with E-state index in [1.807, 2.05) is 18.2 Å². The zero-order valence-corrected chi connectivity index (χ0v) is 17.5. The average molecular weight is 426 g/mol. The molecule has 0 aliphatic carbocycles. The fourth-order valence-corrected chi connectivity index (χ4v) is 2.96. The van der Waals surface area contributed by atoms with Gasteiger partial charge in [-0.05, 0) is 13.8 Å².